The summed E-state index contributed by atoms with van der Waals surface area (Å²) in [6, 6.07) is 0.514. The fourth-order valence-electron chi connectivity index (χ4n) is 2.65. The molecule has 2 N–H and O–H groups in total. The van der Waals surface area contributed by atoms with Crippen LogP contribution < -0.4 is 5.73 Å². The van der Waals surface area contributed by atoms with Gasteiger partial charge in [0.1, 0.15) is 0 Å². The molecular formula is C12H26N2. The van der Waals surface area contributed by atoms with Gasteiger partial charge in [-0.25, -0.2) is 0 Å². The van der Waals surface area contributed by atoms with Crippen molar-refractivity contribution in [3.05, 3.63) is 0 Å². The second kappa shape index (κ2) is 3.82. The van der Waals surface area contributed by atoms with Gasteiger partial charge in [-0.3, -0.25) is 4.90 Å². The standard InChI is InChI=1S/C12H26N2/c1-11(2,3)10(9-13)14-8-6-7-12(14,4)5/h10H,6-9,13H2,1-5H3. The Kier molecular flexibility index (Phi) is 3.27. The average molecular weight is 198 g/mol. The lowest BCUT2D eigenvalue weighted by Crippen LogP contribution is -2.54. The van der Waals surface area contributed by atoms with E-state index in [2.05, 4.69) is 39.5 Å². The molecule has 1 atom stereocenters. The fraction of sp³-hybridized carbons (Fsp3) is 1.00. The second-order valence-corrected chi connectivity index (χ2v) is 6.23. The molecule has 84 valence electrons. The van der Waals surface area contributed by atoms with E-state index in [1.807, 2.05) is 0 Å². The van der Waals surface area contributed by atoms with E-state index in [0.29, 0.717) is 11.6 Å². The normalized spacial score (nSPS) is 25.3. The maximum absolute atomic E-state index is 5.92. The first kappa shape index (κ1) is 12.0. The highest BCUT2D eigenvalue weighted by atomic mass is 15.2. The van der Waals surface area contributed by atoms with Crippen LogP contribution in [0.3, 0.4) is 0 Å². The van der Waals surface area contributed by atoms with E-state index in [4.69, 9.17) is 5.73 Å². The molecule has 1 unspecified atom stereocenters. The Morgan fingerprint density at radius 1 is 1.36 bits per heavy atom. The van der Waals surface area contributed by atoms with Crippen LogP contribution in [-0.4, -0.2) is 29.6 Å². The molecule has 2 heteroatoms. The van der Waals surface area contributed by atoms with Crippen LogP contribution >= 0.6 is 0 Å². The van der Waals surface area contributed by atoms with Crippen molar-refractivity contribution in [3.63, 3.8) is 0 Å². The molecular weight excluding hydrogens is 172 g/mol. The van der Waals surface area contributed by atoms with Gasteiger partial charge in [0.25, 0.3) is 0 Å². The predicted molar refractivity (Wildman–Crippen MR) is 62.3 cm³/mol. The molecule has 0 radical (unpaired) electrons. The van der Waals surface area contributed by atoms with Crippen molar-refractivity contribution < 1.29 is 0 Å². The summed E-state index contributed by atoms with van der Waals surface area (Å²) in [6.07, 6.45) is 2.62. The van der Waals surface area contributed by atoms with E-state index in [1.54, 1.807) is 0 Å². The quantitative estimate of drug-likeness (QED) is 0.737. The van der Waals surface area contributed by atoms with Gasteiger partial charge < -0.3 is 5.73 Å². The van der Waals surface area contributed by atoms with Gasteiger partial charge >= 0.3 is 0 Å². The van der Waals surface area contributed by atoms with E-state index >= 15 is 0 Å². The van der Waals surface area contributed by atoms with Crippen molar-refractivity contribution >= 4 is 0 Å². The minimum atomic E-state index is 0.288. The van der Waals surface area contributed by atoms with Crippen LogP contribution in [-0.2, 0) is 0 Å². The SMILES string of the molecule is CC(C)(C)C(CN)N1CCCC1(C)C. The lowest BCUT2D eigenvalue weighted by molar-refractivity contribution is 0.0515. The van der Waals surface area contributed by atoms with Crippen LogP contribution in [0.15, 0.2) is 0 Å². The van der Waals surface area contributed by atoms with Crippen molar-refractivity contribution in [2.24, 2.45) is 11.1 Å². The fourth-order valence-corrected chi connectivity index (χ4v) is 2.65. The third-order valence-electron chi connectivity index (χ3n) is 3.56. The Morgan fingerprint density at radius 3 is 2.21 bits per heavy atom. The molecule has 0 aromatic heterocycles. The Morgan fingerprint density at radius 2 is 1.93 bits per heavy atom. The van der Waals surface area contributed by atoms with E-state index in [-0.39, 0.29) is 5.41 Å². The summed E-state index contributed by atoms with van der Waals surface area (Å²) >= 11 is 0. The van der Waals surface area contributed by atoms with Gasteiger partial charge in [0.15, 0.2) is 0 Å². The van der Waals surface area contributed by atoms with Crippen molar-refractivity contribution in [2.45, 2.75) is 59.0 Å². The zero-order chi connectivity index (χ0) is 11.0. The number of nitrogens with two attached hydrogens (primary N) is 1. The molecule has 0 aliphatic carbocycles. The van der Waals surface area contributed by atoms with Crippen LogP contribution in [0.5, 0.6) is 0 Å². The molecule has 0 saturated carbocycles. The molecule has 0 spiro atoms. The molecule has 1 heterocycles. The first-order chi connectivity index (χ1) is 6.29. The van der Waals surface area contributed by atoms with Gasteiger partial charge in [-0.2, -0.15) is 0 Å². The molecule has 14 heavy (non-hydrogen) atoms. The second-order valence-electron chi connectivity index (χ2n) is 6.23. The van der Waals surface area contributed by atoms with Crippen LogP contribution in [0.1, 0.15) is 47.5 Å². The lowest BCUT2D eigenvalue weighted by atomic mass is 9.84. The van der Waals surface area contributed by atoms with E-state index in [0.717, 1.165) is 6.54 Å². The van der Waals surface area contributed by atoms with Gasteiger partial charge in [0.05, 0.1) is 0 Å². The Hall–Kier alpha value is -0.0800. The van der Waals surface area contributed by atoms with Crippen molar-refractivity contribution in [1.29, 1.82) is 0 Å². The Labute approximate surface area is 88.8 Å². The summed E-state index contributed by atoms with van der Waals surface area (Å²) in [5.41, 5.74) is 6.55. The summed E-state index contributed by atoms with van der Waals surface area (Å²) in [4.78, 5) is 2.60. The molecule has 1 saturated heterocycles. The molecule has 0 amide bonds. The predicted octanol–water partition coefficient (Wildman–Crippen LogP) is 2.23. The van der Waals surface area contributed by atoms with Crippen LogP contribution in [0.25, 0.3) is 0 Å². The van der Waals surface area contributed by atoms with Crippen molar-refractivity contribution in [2.75, 3.05) is 13.1 Å². The van der Waals surface area contributed by atoms with Gasteiger partial charge in [-0.15, -0.1) is 0 Å². The smallest absolute Gasteiger partial charge is 0.0272 e. The highest BCUT2D eigenvalue weighted by molar-refractivity contribution is 4.96. The molecule has 2 nitrogen and oxygen atoms in total. The monoisotopic (exact) mass is 198 g/mol. The zero-order valence-corrected chi connectivity index (χ0v) is 10.4. The molecule has 0 bridgehead atoms. The summed E-state index contributed by atoms with van der Waals surface area (Å²) in [7, 11) is 0. The summed E-state index contributed by atoms with van der Waals surface area (Å²) in [5, 5.41) is 0. The molecule has 0 aromatic carbocycles. The first-order valence-electron chi connectivity index (χ1n) is 5.76. The Balaban J connectivity index is 2.80. The van der Waals surface area contributed by atoms with E-state index in [1.165, 1.54) is 19.4 Å². The number of rotatable bonds is 2. The third-order valence-corrected chi connectivity index (χ3v) is 3.56. The molecule has 1 aliphatic heterocycles. The van der Waals surface area contributed by atoms with Crippen LogP contribution in [0, 0.1) is 5.41 Å². The highest BCUT2D eigenvalue weighted by Gasteiger charge is 2.40. The lowest BCUT2D eigenvalue weighted by Gasteiger charge is -2.44. The molecule has 0 aromatic rings. The summed E-state index contributed by atoms with van der Waals surface area (Å²) in [6.45, 7) is 13.5. The number of nitrogens with zero attached hydrogens (tertiary/aromatic N) is 1. The largest absolute Gasteiger partial charge is 0.329 e. The average Bonchev–Trinajstić information content (AvgIpc) is 2.30. The summed E-state index contributed by atoms with van der Waals surface area (Å²) in [5.74, 6) is 0. The van der Waals surface area contributed by atoms with Gasteiger partial charge in [0.2, 0.25) is 0 Å². The molecule has 1 rings (SSSR count). The Bertz CT molecular complexity index is 191. The summed E-state index contributed by atoms with van der Waals surface area (Å²) < 4.78 is 0. The zero-order valence-electron chi connectivity index (χ0n) is 10.4. The van der Waals surface area contributed by atoms with Crippen LogP contribution in [0.2, 0.25) is 0 Å². The maximum Gasteiger partial charge on any atom is 0.0272 e. The van der Waals surface area contributed by atoms with Crippen molar-refractivity contribution in [3.8, 4) is 0 Å². The van der Waals surface area contributed by atoms with Gasteiger partial charge in [-0.05, 0) is 38.6 Å². The van der Waals surface area contributed by atoms with Gasteiger partial charge in [0, 0.05) is 18.1 Å². The van der Waals surface area contributed by atoms with E-state index < -0.39 is 0 Å². The van der Waals surface area contributed by atoms with Crippen molar-refractivity contribution in [1.82, 2.24) is 4.90 Å². The van der Waals surface area contributed by atoms with Gasteiger partial charge in [-0.1, -0.05) is 20.8 Å². The number of likely N-dealkylation sites (tertiary alicyclic amines) is 1. The first-order valence-corrected chi connectivity index (χ1v) is 5.76. The minimum Gasteiger partial charge on any atom is -0.329 e. The maximum atomic E-state index is 5.92. The molecule has 1 fully saturated rings. The molecule has 1 aliphatic rings. The minimum absolute atomic E-state index is 0.288. The topological polar surface area (TPSA) is 29.3 Å². The number of hydrogen-bond acceptors (Lipinski definition) is 2. The third kappa shape index (κ3) is 2.29. The number of hydrogen-bond donors (Lipinski definition) is 1. The van der Waals surface area contributed by atoms with Crippen LogP contribution in [0.4, 0.5) is 0 Å². The van der Waals surface area contributed by atoms with E-state index in [9.17, 15) is 0 Å². The highest BCUT2D eigenvalue weighted by Crippen LogP contribution is 2.35.